The summed E-state index contributed by atoms with van der Waals surface area (Å²) in [5, 5.41) is 0. The van der Waals surface area contributed by atoms with E-state index in [1.165, 1.54) is 19.2 Å². The van der Waals surface area contributed by atoms with Gasteiger partial charge in [0, 0.05) is 13.3 Å². The van der Waals surface area contributed by atoms with Crippen molar-refractivity contribution >= 4 is 11.6 Å². The SMILES string of the molecule is CO[C@@H](C)C(=O)N(Cc1ccc(F)cc1)c1cncc(C)c1. The lowest BCUT2D eigenvalue weighted by Gasteiger charge is -2.25. The van der Waals surface area contributed by atoms with Gasteiger partial charge in [-0.3, -0.25) is 9.78 Å². The second-order valence-electron chi connectivity index (χ2n) is 5.15. The molecule has 1 aromatic carbocycles. The number of aryl methyl sites for hydroxylation is 1. The highest BCUT2D eigenvalue weighted by Gasteiger charge is 2.22. The molecule has 2 rings (SSSR count). The first-order valence-electron chi connectivity index (χ1n) is 7.01. The highest BCUT2D eigenvalue weighted by Crippen LogP contribution is 2.19. The van der Waals surface area contributed by atoms with E-state index in [9.17, 15) is 9.18 Å². The zero-order valence-corrected chi connectivity index (χ0v) is 12.9. The number of carbonyl (C=O) groups is 1. The molecule has 1 aromatic heterocycles. The topological polar surface area (TPSA) is 42.4 Å². The molecule has 0 bridgehead atoms. The molecule has 2 aromatic rings. The fraction of sp³-hybridized carbons (Fsp3) is 0.294. The molecule has 0 saturated carbocycles. The van der Waals surface area contributed by atoms with E-state index in [2.05, 4.69) is 4.98 Å². The van der Waals surface area contributed by atoms with Crippen LogP contribution in [0, 0.1) is 12.7 Å². The summed E-state index contributed by atoms with van der Waals surface area (Å²) in [7, 11) is 1.49. The van der Waals surface area contributed by atoms with E-state index >= 15 is 0 Å². The van der Waals surface area contributed by atoms with Crippen LogP contribution in [0.3, 0.4) is 0 Å². The van der Waals surface area contributed by atoms with Gasteiger partial charge in [-0.2, -0.15) is 0 Å². The Morgan fingerprint density at radius 1 is 1.32 bits per heavy atom. The molecule has 0 saturated heterocycles. The Morgan fingerprint density at radius 2 is 2.00 bits per heavy atom. The largest absolute Gasteiger partial charge is 0.372 e. The number of amides is 1. The van der Waals surface area contributed by atoms with Crippen LogP contribution in [0.5, 0.6) is 0 Å². The van der Waals surface area contributed by atoms with E-state index in [1.54, 1.807) is 36.4 Å². The molecule has 5 heteroatoms. The number of hydrogen-bond donors (Lipinski definition) is 0. The van der Waals surface area contributed by atoms with Gasteiger partial charge in [0.2, 0.25) is 0 Å². The number of ether oxygens (including phenoxy) is 1. The zero-order valence-electron chi connectivity index (χ0n) is 12.9. The van der Waals surface area contributed by atoms with Crippen molar-refractivity contribution in [3.05, 3.63) is 59.7 Å². The number of nitrogens with zero attached hydrogens (tertiary/aromatic N) is 2. The Kier molecular flexibility index (Phi) is 5.22. The van der Waals surface area contributed by atoms with Crippen LogP contribution in [0.1, 0.15) is 18.1 Å². The highest BCUT2D eigenvalue weighted by molar-refractivity contribution is 5.96. The van der Waals surface area contributed by atoms with Gasteiger partial charge in [-0.25, -0.2) is 4.39 Å². The first-order chi connectivity index (χ1) is 10.5. The number of rotatable bonds is 5. The van der Waals surface area contributed by atoms with Gasteiger partial charge in [-0.1, -0.05) is 12.1 Å². The van der Waals surface area contributed by atoms with Gasteiger partial charge in [0.05, 0.1) is 18.4 Å². The Hall–Kier alpha value is -2.27. The number of halogens is 1. The van der Waals surface area contributed by atoms with Crippen LogP contribution in [-0.2, 0) is 16.1 Å². The highest BCUT2D eigenvalue weighted by atomic mass is 19.1. The molecule has 0 unspecified atom stereocenters. The quantitative estimate of drug-likeness (QED) is 0.852. The second-order valence-corrected chi connectivity index (χ2v) is 5.15. The molecule has 0 spiro atoms. The molecule has 4 nitrogen and oxygen atoms in total. The summed E-state index contributed by atoms with van der Waals surface area (Å²) in [6, 6.07) is 7.97. The van der Waals surface area contributed by atoms with Crippen molar-refractivity contribution in [2.45, 2.75) is 26.5 Å². The molecule has 0 aliphatic carbocycles. The van der Waals surface area contributed by atoms with E-state index < -0.39 is 6.10 Å². The van der Waals surface area contributed by atoms with Crippen LogP contribution >= 0.6 is 0 Å². The molecular formula is C17H19FN2O2. The van der Waals surface area contributed by atoms with Crippen molar-refractivity contribution in [1.29, 1.82) is 0 Å². The Balaban J connectivity index is 2.32. The summed E-state index contributed by atoms with van der Waals surface area (Å²) in [6.45, 7) is 3.94. The first kappa shape index (κ1) is 16.1. The molecule has 116 valence electrons. The number of aromatic nitrogens is 1. The molecule has 1 atom stereocenters. The molecule has 0 aliphatic rings. The Labute approximate surface area is 129 Å². The third-order valence-electron chi connectivity index (χ3n) is 3.39. The van der Waals surface area contributed by atoms with Crippen LogP contribution in [0.4, 0.5) is 10.1 Å². The van der Waals surface area contributed by atoms with Crippen LogP contribution < -0.4 is 4.90 Å². The molecular weight excluding hydrogens is 283 g/mol. The van der Waals surface area contributed by atoms with E-state index in [-0.39, 0.29) is 11.7 Å². The minimum absolute atomic E-state index is 0.167. The molecule has 22 heavy (non-hydrogen) atoms. The van der Waals surface area contributed by atoms with E-state index in [1.807, 2.05) is 13.0 Å². The zero-order chi connectivity index (χ0) is 16.1. The van der Waals surface area contributed by atoms with E-state index in [0.29, 0.717) is 12.2 Å². The van der Waals surface area contributed by atoms with Crippen molar-refractivity contribution in [2.24, 2.45) is 0 Å². The van der Waals surface area contributed by atoms with Crippen molar-refractivity contribution < 1.29 is 13.9 Å². The fourth-order valence-electron chi connectivity index (χ4n) is 2.08. The number of benzene rings is 1. The smallest absolute Gasteiger partial charge is 0.256 e. The lowest BCUT2D eigenvalue weighted by molar-refractivity contribution is -0.127. The number of carbonyl (C=O) groups excluding carboxylic acids is 1. The third-order valence-corrected chi connectivity index (χ3v) is 3.39. The standard InChI is InChI=1S/C17H19FN2O2/c1-12-8-16(10-19-9-12)20(17(21)13(2)22-3)11-14-4-6-15(18)7-5-14/h4-10,13H,11H2,1-3H3/t13-/m0/s1. The minimum Gasteiger partial charge on any atom is -0.372 e. The number of pyridine rings is 1. The summed E-state index contributed by atoms with van der Waals surface area (Å²) < 4.78 is 18.2. The Morgan fingerprint density at radius 3 is 2.59 bits per heavy atom. The van der Waals surface area contributed by atoms with Crippen molar-refractivity contribution in [1.82, 2.24) is 4.98 Å². The van der Waals surface area contributed by atoms with Gasteiger partial charge in [0.15, 0.2) is 0 Å². The maximum atomic E-state index is 13.0. The van der Waals surface area contributed by atoms with Gasteiger partial charge < -0.3 is 9.64 Å². The Bertz CT molecular complexity index is 643. The predicted molar refractivity (Wildman–Crippen MR) is 83.0 cm³/mol. The summed E-state index contributed by atoms with van der Waals surface area (Å²) in [5.41, 5.74) is 2.48. The van der Waals surface area contributed by atoms with Gasteiger partial charge in [-0.15, -0.1) is 0 Å². The van der Waals surface area contributed by atoms with Gasteiger partial charge >= 0.3 is 0 Å². The number of hydrogen-bond acceptors (Lipinski definition) is 3. The molecule has 0 radical (unpaired) electrons. The lowest BCUT2D eigenvalue weighted by Crippen LogP contribution is -2.38. The average Bonchev–Trinajstić information content (AvgIpc) is 2.53. The van der Waals surface area contributed by atoms with Crippen LogP contribution in [0.15, 0.2) is 42.7 Å². The molecule has 0 N–H and O–H groups in total. The van der Waals surface area contributed by atoms with E-state index in [4.69, 9.17) is 4.74 Å². The molecule has 0 aliphatic heterocycles. The van der Waals surface area contributed by atoms with Gasteiger partial charge in [-0.05, 0) is 43.2 Å². The minimum atomic E-state index is -0.569. The fourth-order valence-corrected chi connectivity index (χ4v) is 2.08. The average molecular weight is 302 g/mol. The normalized spacial score (nSPS) is 12.0. The maximum Gasteiger partial charge on any atom is 0.256 e. The summed E-state index contributed by atoms with van der Waals surface area (Å²) in [6.07, 6.45) is 2.79. The monoisotopic (exact) mass is 302 g/mol. The molecule has 1 amide bonds. The second kappa shape index (κ2) is 7.13. The summed E-state index contributed by atoms with van der Waals surface area (Å²) >= 11 is 0. The summed E-state index contributed by atoms with van der Waals surface area (Å²) in [5.74, 6) is -0.469. The molecule has 0 fully saturated rings. The van der Waals surface area contributed by atoms with Gasteiger partial charge in [0.25, 0.3) is 5.91 Å². The maximum absolute atomic E-state index is 13.0. The predicted octanol–water partition coefficient (Wildman–Crippen LogP) is 3.10. The van der Waals surface area contributed by atoms with E-state index in [0.717, 1.165) is 11.1 Å². The first-order valence-corrected chi connectivity index (χ1v) is 7.01. The molecule has 1 heterocycles. The van der Waals surface area contributed by atoms with Crippen LogP contribution in [0.2, 0.25) is 0 Å². The summed E-state index contributed by atoms with van der Waals surface area (Å²) in [4.78, 5) is 18.3. The number of anilines is 1. The van der Waals surface area contributed by atoms with Crippen LogP contribution in [0.25, 0.3) is 0 Å². The van der Waals surface area contributed by atoms with Gasteiger partial charge in [0.1, 0.15) is 11.9 Å². The number of methoxy groups -OCH3 is 1. The van der Waals surface area contributed by atoms with Crippen molar-refractivity contribution in [3.63, 3.8) is 0 Å². The lowest BCUT2D eigenvalue weighted by atomic mass is 10.1. The van der Waals surface area contributed by atoms with Crippen molar-refractivity contribution in [2.75, 3.05) is 12.0 Å². The third kappa shape index (κ3) is 3.89. The van der Waals surface area contributed by atoms with Crippen LogP contribution in [-0.4, -0.2) is 24.1 Å². The van der Waals surface area contributed by atoms with Crippen molar-refractivity contribution in [3.8, 4) is 0 Å².